The van der Waals surface area contributed by atoms with E-state index in [0.717, 1.165) is 6.42 Å². The fourth-order valence-corrected chi connectivity index (χ4v) is 7.08. The van der Waals surface area contributed by atoms with Crippen molar-refractivity contribution >= 4 is 22.6 Å². The van der Waals surface area contributed by atoms with Crippen LogP contribution < -0.4 is 0 Å². The van der Waals surface area contributed by atoms with Gasteiger partial charge in [0.05, 0.1) is 6.10 Å². The predicted molar refractivity (Wildman–Crippen MR) is 89.1 cm³/mol. The van der Waals surface area contributed by atoms with E-state index in [2.05, 4.69) is 29.5 Å². The smallest absolute Gasteiger partial charge is 0.175 e. The Balaban J connectivity index is 1.39. The minimum Gasteiger partial charge on any atom is -0.368 e. The van der Waals surface area contributed by atoms with Crippen LogP contribution in [0.15, 0.2) is 0 Å². The highest BCUT2D eigenvalue weighted by Gasteiger charge is 2.75. The van der Waals surface area contributed by atoms with Crippen molar-refractivity contribution in [1.82, 2.24) is 0 Å². The van der Waals surface area contributed by atoms with Crippen molar-refractivity contribution in [2.45, 2.75) is 80.4 Å². The zero-order valence-electron chi connectivity index (χ0n) is 12.8. The van der Waals surface area contributed by atoms with Crippen molar-refractivity contribution in [1.29, 1.82) is 0 Å². The van der Waals surface area contributed by atoms with Crippen molar-refractivity contribution in [3.63, 3.8) is 0 Å². The maximum absolute atomic E-state index is 10.4. The molecule has 2 aliphatic carbocycles. The lowest BCUT2D eigenvalue weighted by molar-refractivity contribution is -0.273. The minimum absolute atomic E-state index is 0.343. The molecule has 2 saturated carbocycles. The van der Waals surface area contributed by atoms with E-state index in [0.29, 0.717) is 33.7 Å². The summed E-state index contributed by atoms with van der Waals surface area (Å²) in [4.78, 5) is 0. The highest BCUT2D eigenvalue weighted by Crippen LogP contribution is 2.70. The fraction of sp³-hybridized carbons (Fsp3) is 1.00. The van der Waals surface area contributed by atoms with Gasteiger partial charge in [0.1, 0.15) is 0 Å². The quantitative estimate of drug-likeness (QED) is 0.397. The van der Waals surface area contributed by atoms with Gasteiger partial charge in [0, 0.05) is 22.2 Å². The summed E-state index contributed by atoms with van der Waals surface area (Å²) < 4.78 is 13.0. The van der Waals surface area contributed by atoms with E-state index in [1.807, 2.05) is 0 Å². The maximum Gasteiger partial charge on any atom is 0.175 e. The number of hydrogen-bond acceptors (Lipinski definition) is 3. The first-order chi connectivity index (χ1) is 10.2. The van der Waals surface area contributed by atoms with Crippen LogP contribution in [0.1, 0.15) is 58.3 Å². The molecule has 1 N–H and O–H groups in total. The number of hydrogen-bond donors (Lipinski definition) is 1. The van der Waals surface area contributed by atoms with Gasteiger partial charge in [-0.1, -0.05) is 61.6 Å². The lowest BCUT2D eigenvalue weighted by atomic mass is 9.77. The molecule has 4 heteroatoms. The van der Waals surface area contributed by atoms with Crippen molar-refractivity contribution in [2.75, 3.05) is 0 Å². The molecule has 0 radical (unpaired) electrons. The van der Waals surface area contributed by atoms with Crippen LogP contribution in [0.3, 0.4) is 0 Å². The Morgan fingerprint density at radius 3 is 2.67 bits per heavy atom. The van der Waals surface area contributed by atoms with Gasteiger partial charge in [0.25, 0.3) is 0 Å². The number of rotatable bonds is 7. The Morgan fingerprint density at radius 1 is 1.10 bits per heavy atom. The summed E-state index contributed by atoms with van der Waals surface area (Å²) in [5.74, 6) is 1.66. The van der Waals surface area contributed by atoms with Gasteiger partial charge in [0.15, 0.2) is 12.1 Å². The Hall–Kier alpha value is 0.610. The van der Waals surface area contributed by atoms with Gasteiger partial charge in [-0.3, -0.25) is 0 Å². The molecule has 2 aliphatic heterocycles. The second-order valence-electron chi connectivity index (χ2n) is 7.53. The summed E-state index contributed by atoms with van der Waals surface area (Å²) in [5, 5.41) is 10.4. The average Bonchev–Trinajstić information content (AvgIpc) is 3.12. The molecule has 3 nitrogen and oxygen atoms in total. The maximum atomic E-state index is 10.4. The Kier molecular flexibility index (Phi) is 4.04. The third-order valence-electron chi connectivity index (χ3n) is 6.43. The monoisotopic (exact) mass is 406 g/mol. The molecule has 0 spiro atoms. The molecule has 2 bridgehead atoms. The van der Waals surface area contributed by atoms with E-state index in [9.17, 15) is 5.11 Å². The van der Waals surface area contributed by atoms with E-state index in [1.54, 1.807) is 0 Å². The number of aliphatic hydroxyl groups excluding tert-OH is 1. The van der Waals surface area contributed by atoms with Crippen molar-refractivity contribution in [2.24, 2.45) is 23.7 Å². The molecule has 2 heterocycles. The van der Waals surface area contributed by atoms with Gasteiger partial charge in [-0.25, -0.2) is 0 Å². The molecule has 0 aromatic carbocycles. The number of aliphatic hydroxyl groups is 1. The van der Waals surface area contributed by atoms with Gasteiger partial charge in [-0.15, -0.1) is 0 Å². The molecule has 0 aromatic heterocycles. The summed E-state index contributed by atoms with van der Waals surface area (Å²) in [6, 6.07) is 0. The van der Waals surface area contributed by atoms with Crippen LogP contribution in [-0.2, 0) is 9.47 Å². The molecule has 2 saturated heterocycles. The lowest BCUT2D eigenvalue weighted by Crippen LogP contribution is -2.38. The van der Waals surface area contributed by atoms with Gasteiger partial charge in [0.2, 0.25) is 0 Å². The molecular weight excluding hydrogens is 379 g/mol. The summed E-state index contributed by atoms with van der Waals surface area (Å²) in [5.41, 5.74) is 0. The van der Waals surface area contributed by atoms with Crippen LogP contribution in [0.4, 0.5) is 0 Å². The van der Waals surface area contributed by atoms with Crippen LogP contribution >= 0.6 is 22.6 Å². The molecule has 4 fully saturated rings. The number of ether oxygens (including phenoxy) is 2. The molecule has 0 aromatic rings. The lowest BCUT2D eigenvalue weighted by Gasteiger charge is -2.31. The SMILES string of the molecule is CCCCCCCC[C@@]12OC(O)C3[C@@H]4C[C@@H]([C@H](O1)[C@H]4I)[C@H]32. The Labute approximate surface area is 141 Å². The molecule has 8 atom stereocenters. The Bertz CT molecular complexity index is 403. The van der Waals surface area contributed by atoms with E-state index < -0.39 is 12.1 Å². The first-order valence-electron chi connectivity index (χ1n) is 8.86. The Morgan fingerprint density at radius 2 is 1.86 bits per heavy atom. The van der Waals surface area contributed by atoms with Crippen LogP contribution in [0.2, 0.25) is 0 Å². The second kappa shape index (κ2) is 5.60. The molecule has 4 rings (SSSR count). The van der Waals surface area contributed by atoms with Crippen molar-refractivity contribution in [3.8, 4) is 0 Å². The van der Waals surface area contributed by atoms with Gasteiger partial charge < -0.3 is 14.6 Å². The van der Waals surface area contributed by atoms with Gasteiger partial charge in [-0.05, 0) is 24.7 Å². The van der Waals surface area contributed by atoms with E-state index in [1.165, 1.54) is 44.9 Å². The van der Waals surface area contributed by atoms with Crippen LogP contribution in [0.5, 0.6) is 0 Å². The number of fused-ring (bicyclic) bond motifs is 2. The van der Waals surface area contributed by atoms with Crippen LogP contribution in [-0.4, -0.2) is 27.2 Å². The molecule has 0 amide bonds. The summed E-state index contributed by atoms with van der Waals surface area (Å²) in [6.45, 7) is 2.26. The van der Waals surface area contributed by atoms with Crippen LogP contribution in [0.25, 0.3) is 0 Å². The van der Waals surface area contributed by atoms with E-state index in [4.69, 9.17) is 9.47 Å². The zero-order valence-corrected chi connectivity index (χ0v) is 15.0. The van der Waals surface area contributed by atoms with Crippen molar-refractivity contribution in [3.05, 3.63) is 0 Å². The molecular formula is C17H27IO3. The summed E-state index contributed by atoms with van der Waals surface area (Å²) in [7, 11) is 0. The number of unbranched alkanes of at least 4 members (excludes halogenated alkanes) is 5. The van der Waals surface area contributed by atoms with E-state index >= 15 is 0 Å². The molecule has 4 aliphatic rings. The van der Waals surface area contributed by atoms with Gasteiger partial charge >= 0.3 is 0 Å². The predicted octanol–water partition coefficient (Wildman–Crippen LogP) is 3.87. The summed E-state index contributed by atoms with van der Waals surface area (Å²) >= 11 is 2.56. The van der Waals surface area contributed by atoms with E-state index in [-0.39, 0.29) is 0 Å². The third-order valence-corrected chi connectivity index (χ3v) is 8.06. The molecule has 2 unspecified atom stereocenters. The zero-order chi connectivity index (χ0) is 14.6. The first kappa shape index (κ1) is 15.2. The largest absolute Gasteiger partial charge is 0.368 e. The standard InChI is InChI=1S/C17H27IO3/c1-2-3-4-5-6-7-8-17-13-11-9-10(12(13)16(19)21-17)14(18)15(11)20-17/h10-16,19H,2-9H2,1H3/t10-,11+,12?,13+,14-,15-,16?,17-/m0/s1. The topological polar surface area (TPSA) is 38.7 Å². The first-order valence-corrected chi connectivity index (χ1v) is 10.1. The highest BCUT2D eigenvalue weighted by molar-refractivity contribution is 14.1. The highest BCUT2D eigenvalue weighted by atomic mass is 127. The van der Waals surface area contributed by atoms with Crippen molar-refractivity contribution < 1.29 is 14.6 Å². The average molecular weight is 406 g/mol. The summed E-state index contributed by atoms with van der Waals surface area (Å²) in [6.07, 6.45) is 9.83. The second-order valence-corrected chi connectivity index (χ2v) is 8.97. The normalized spacial score (nSPS) is 53.0. The minimum atomic E-state index is -0.580. The van der Waals surface area contributed by atoms with Crippen LogP contribution in [0, 0.1) is 23.7 Å². The number of alkyl halides is 1. The number of halogens is 1. The molecule has 21 heavy (non-hydrogen) atoms. The van der Waals surface area contributed by atoms with Gasteiger partial charge in [-0.2, -0.15) is 0 Å². The molecule has 120 valence electrons. The fourth-order valence-electron chi connectivity index (χ4n) is 5.63. The third kappa shape index (κ3) is 2.15.